The van der Waals surface area contributed by atoms with Gasteiger partial charge in [-0.1, -0.05) is 11.6 Å². The van der Waals surface area contributed by atoms with E-state index >= 15 is 0 Å². The molecule has 0 fully saturated rings. The van der Waals surface area contributed by atoms with Gasteiger partial charge in [0.2, 0.25) is 0 Å². The molecular weight excluding hydrogens is 269 g/mol. The molecule has 1 amide bonds. The largest absolute Gasteiger partial charge is 0.399 e. The van der Waals surface area contributed by atoms with Gasteiger partial charge < -0.3 is 11.1 Å². The molecule has 0 saturated carbocycles. The highest BCUT2D eigenvalue weighted by Crippen LogP contribution is 2.22. The minimum atomic E-state index is -4.33. The molecule has 1 aromatic carbocycles. The third-order valence-electron chi connectivity index (χ3n) is 2.15. The zero-order chi connectivity index (χ0) is 13.9. The summed E-state index contributed by atoms with van der Waals surface area (Å²) in [5.41, 5.74) is 5.85. The van der Waals surface area contributed by atoms with Gasteiger partial charge in [-0.2, -0.15) is 13.2 Å². The molecule has 3 N–H and O–H groups in total. The number of nitrogens with two attached hydrogens (primary N) is 1. The van der Waals surface area contributed by atoms with E-state index in [4.69, 9.17) is 17.3 Å². The molecule has 1 rings (SSSR count). The quantitative estimate of drug-likeness (QED) is 0.836. The molecule has 0 radical (unpaired) electrons. The summed E-state index contributed by atoms with van der Waals surface area (Å²) in [6.45, 7) is 1.27. The van der Waals surface area contributed by atoms with Crippen LogP contribution in [0.1, 0.15) is 23.7 Å². The van der Waals surface area contributed by atoms with Gasteiger partial charge in [0.25, 0.3) is 5.91 Å². The van der Waals surface area contributed by atoms with Crippen molar-refractivity contribution in [2.24, 2.45) is 0 Å². The molecule has 0 aromatic heterocycles. The van der Waals surface area contributed by atoms with Gasteiger partial charge in [0.05, 0.1) is 17.0 Å². The van der Waals surface area contributed by atoms with Crippen molar-refractivity contribution in [3.05, 3.63) is 28.8 Å². The van der Waals surface area contributed by atoms with Gasteiger partial charge in [-0.15, -0.1) is 0 Å². The number of nitrogen functional groups attached to an aromatic ring is 1. The van der Waals surface area contributed by atoms with Crippen LogP contribution in [0.5, 0.6) is 0 Å². The molecule has 100 valence electrons. The molecule has 1 aromatic rings. The Hall–Kier alpha value is -1.43. The molecule has 7 heteroatoms. The molecule has 1 atom stereocenters. The lowest BCUT2D eigenvalue weighted by molar-refractivity contribution is -0.138. The fourth-order valence-electron chi connectivity index (χ4n) is 1.42. The van der Waals surface area contributed by atoms with Crippen molar-refractivity contribution in [3.8, 4) is 0 Å². The molecule has 0 aliphatic rings. The number of benzene rings is 1. The SMILES string of the molecule is CC(CC(F)(F)F)NC(=O)c1cc(N)ccc1Cl. The first-order chi connectivity index (χ1) is 8.19. The highest BCUT2D eigenvalue weighted by atomic mass is 35.5. The molecule has 0 heterocycles. The lowest BCUT2D eigenvalue weighted by Gasteiger charge is -2.16. The Kier molecular flexibility index (Phi) is 4.45. The lowest BCUT2D eigenvalue weighted by atomic mass is 10.1. The average molecular weight is 281 g/mol. The fraction of sp³-hybridized carbons (Fsp3) is 0.364. The van der Waals surface area contributed by atoms with Crippen molar-refractivity contribution >= 4 is 23.2 Å². The number of halogens is 4. The zero-order valence-electron chi connectivity index (χ0n) is 9.51. The smallest absolute Gasteiger partial charge is 0.391 e. The molecule has 3 nitrogen and oxygen atoms in total. The van der Waals surface area contributed by atoms with Crippen LogP contribution in [-0.2, 0) is 0 Å². The molecule has 1 unspecified atom stereocenters. The number of alkyl halides is 3. The number of amides is 1. The third-order valence-corrected chi connectivity index (χ3v) is 2.48. The molecular formula is C11H12ClF3N2O. The fourth-order valence-corrected chi connectivity index (χ4v) is 1.62. The number of rotatable bonds is 3. The van der Waals surface area contributed by atoms with E-state index in [1.165, 1.54) is 25.1 Å². The molecule has 0 spiro atoms. The predicted octanol–water partition coefficient (Wildman–Crippen LogP) is 2.99. The number of hydrogen-bond donors (Lipinski definition) is 2. The van der Waals surface area contributed by atoms with Crippen molar-refractivity contribution in [2.45, 2.75) is 25.6 Å². The van der Waals surface area contributed by atoms with Gasteiger partial charge in [-0.25, -0.2) is 0 Å². The van der Waals surface area contributed by atoms with E-state index in [9.17, 15) is 18.0 Å². The van der Waals surface area contributed by atoms with E-state index in [-0.39, 0.29) is 10.6 Å². The van der Waals surface area contributed by atoms with Crippen LogP contribution in [0.4, 0.5) is 18.9 Å². The minimum absolute atomic E-state index is 0.0608. The lowest BCUT2D eigenvalue weighted by Crippen LogP contribution is -2.36. The first-order valence-electron chi connectivity index (χ1n) is 5.11. The third kappa shape index (κ3) is 4.44. The Morgan fingerprint density at radius 1 is 1.50 bits per heavy atom. The predicted molar refractivity (Wildman–Crippen MR) is 63.5 cm³/mol. The number of anilines is 1. The second-order valence-corrected chi connectivity index (χ2v) is 4.34. The van der Waals surface area contributed by atoms with E-state index in [1.807, 2.05) is 0 Å². The monoisotopic (exact) mass is 280 g/mol. The van der Waals surface area contributed by atoms with Crippen LogP contribution in [0.2, 0.25) is 5.02 Å². The van der Waals surface area contributed by atoms with Crippen LogP contribution in [0.25, 0.3) is 0 Å². The van der Waals surface area contributed by atoms with E-state index in [1.54, 1.807) is 0 Å². The number of nitrogens with one attached hydrogen (secondary N) is 1. The Balaban J connectivity index is 2.74. The van der Waals surface area contributed by atoms with E-state index < -0.39 is 24.5 Å². The van der Waals surface area contributed by atoms with Crippen LogP contribution >= 0.6 is 11.6 Å². The summed E-state index contributed by atoms with van der Waals surface area (Å²) in [5, 5.41) is 2.36. The molecule has 0 aliphatic carbocycles. The summed E-state index contributed by atoms with van der Waals surface area (Å²) in [7, 11) is 0. The van der Waals surface area contributed by atoms with Gasteiger partial charge in [0.15, 0.2) is 0 Å². The van der Waals surface area contributed by atoms with Gasteiger partial charge >= 0.3 is 6.18 Å². The normalized spacial score (nSPS) is 13.2. The van der Waals surface area contributed by atoms with Crippen molar-refractivity contribution in [1.82, 2.24) is 5.32 Å². The van der Waals surface area contributed by atoms with Crippen LogP contribution in [0, 0.1) is 0 Å². The summed E-state index contributed by atoms with van der Waals surface area (Å²) in [4.78, 5) is 11.7. The Morgan fingerprint density at radius 3 is 2.67 bits per heavy atom. The number of carbonyl (C=O) groups excluding carboxylic acids is 1. The van der Waals surface area contributed by atoms with Crippen LogP contribution in [0.15, 0.2) is 18.2 Å². The highest BCUT2D eigenvalue weighted by Gasteiger charge is 2.30. The van der Waals surface area contributed by atoms with Gasteiger partial charge in [-0.05, 0) is 25.1 Å². The summed E-state index contributed by atoms with van der Waals surface area (Å²) in [6, 6.07) is 3.20. The maximum Gasteiger partial charge on any atom is 0.391 e. The van der Waals surface area contributed by atoms with Crippen molar-refractivity contribution < 1.29 is 18.0 Å². The standard InChI is InChI=1S/C11H12ClF3N2O/c1-6(5-11(13,14)15)17-10(18)8-4-7(16)2-3-9(8)12/h2-4,6H,5,16H2,1H3,(H,17,18). The Labute approximate surface area is 107 Å². The summed E-state index contributed by atoms with van der Waals surface area (Å²) in [5.74, 6) is -0.677. The average Bonchev–Trinajstić information content (AvgIpc) is 2.18. The summed E-state index contributed by atoms with van der Waals surface area (Å²) >= 11 is 5.77. The van der Waals surface area contributed by atoms with Gasteiger partial charge in [0, 0.05) is 11.7 Å². The van der Waals surface area contributed by atoms with Crippen LogP contribution in [0.3, 0.4) is 0 Å². The van der Waals surface area contributed by atoms with Crippen molar-refractivity contribution in [2.75, 3.05) is 5.73 Å². The van der Waals surface area contributed by atoms with Crippen molar-refractivity contribution in [3.63, 3.8) is 0 Å². The summed E-state index contributed by atoms with van der Waals surface area (Å²) in [6.07, 6.45) is -5.43. The van der Waals surface area contributed by atoms with Crippen LogP contribution < -0.4 is 11.1 Å². The number of carbonyl (C=O) groups is 1. The molecule has 0 bridgehead atoms. The highest BCUT2D eigenvalue weighted by molar-refractivity contribution is 6.34. The van der Waals surface area contributed by atoms with E-state index in [0.29, 0.717) is 5.69 Å². The minimum Gasteiger partial charge on any atom is -0.399 e. The first kappa shape index (κ1) is 14.6. The zero-order valence-corrected chi connectivity index (χ0v) is 10.3. The second kappa shape index (κ2) is 5.48. The van der Waals surface area contributed by atoms with Crippen LogP contribution in [-0.4, -0.2) is 18.1 Å². The van der Waals surface area contributed by atoms with Gasteiger partial charge in [-0.3, -0.25) is 4.79 Å². The van der Waals surface area contributed by atoms with Crippen molar-refractivity contribution in [1.29, 1.82) is 0 Å². The topological polar surface area (TPSA) is 55.1 Å². The maximum atomic E-state index is 12.1. The summed E-state index contributed by atoms with van der Waals surface area (Å²) < 4.78 is 36.3. The van der Waals surface area contributed by atoms with E-state index in [2.05, 4.69) is 5.32 Å². The maximum absolute atomic E-state index is 12.1. The number of hydrogen-bond acceptors (Lipinski definition) is 2. The molecule has 18 heavy (non-hydrogen) atoms. The molecule has 0 aliphatic heterocycles. The Morgan fingerprint density at radius 2 is 2.11 bits per heavy atom. The Bertz CT molecular complexity index is 448. The van der Waals surface area contributed by atoms with Gasteiger partial charge in [0.1, 0.15) is 0 Å². The molecule has 0 saturated heterocycles. The second-order valence-electron chi connectivity index (χ2n) is 3.93. The van der Waals surface area contributed by atoms with E-state index in [0.717, 1.165) is 0 Å². The first-order valence-corrected chi connectivity index (χ1v) is 5.49.